The molecule has 29 heavy (non-hydrogen) atoms. The van der Waals surface area contributed by atoms with Gasteiger partial charge in [-0.2, -0.15) is 0 Å². The van der Waals surface area contributed by atoms with Gasteiger partial charge in [-0.25, -0.2) is 9.37 Å². The Morgan fingerprint density at radius 2 is 1.76 bits per heavy atom. The number of hydrogen-bond donors (Lipinski definition) is 2. The number of benzene rings is 1. The monoisotopic (exact) mass is 389 g/mol. The number of pyridine rings is 2. The van der Waals surface area contributed by atoms with Crippen molar-refractivity contribution in [2.75, 3.05) is 26.0 Å². The Balaban J connectivity index is 1.80. The molecule has 0 spiro atoms. The zero-order valence-electron chi connectivity index (χ0n) is 16.1. The van der Waals surface area contributed by atoms with Gasteiger partial charge in [0.2, 0.25) is 5.91 Å². The lowest BCUT2D eigenvalue weighted by atomic mass is 10.00. The summed E-state index contributed by atoms with van der Waals surface area (Å²) in [5, 5.41) is 3.98. The average molecular weight is 389 g/mol. The van der Waals surface area contributed by atoms with Crippen molar-refractivity contribution < 1.29 is 9.18 Å². The molecule has 0 radical (unpaired) electrons. The Labute approximate surface area is 167 Å². The van der Waals surface area contributed by atoms with Crippen LogP contribution in [0.1, 0.15) is 0 Å². The number of carbonyl (C=O) groups is 1. The number of rotatable bonds is 5. The van der Waals surface area contributed by atoms with Gasteiger partial charge in [0.1, 0.15) is 17.3 Å². The van der Waals surface area contributed by atoms with E-state index in [1.807, 2.05) is 24.3 Å². The van der Waals surface area contributed by atoms with Crippen molar-refractivity contribution in [2.24, 2.45) is 0 Å². The highest BCUT2D eigenvalue weighted by Gasteiger charge is 2.16. The van der Waals surface area contributed by atoms with Crippen LogP contribution in [0.25, 0.3) is 33.4 Å². The molecule has 0 aliphatic heterocycles. The topological polar surface area (TPSA) is 73.9 Å². The molecule has 146 valence electrons. The molecule has 7 heteroatoms. The smallest absolute Gasteiger partial charge is 0.241 e. The summed E-state index contributed by atoms with van der Waals surface area (Å²) in [6.45, 7) is 0.161. The van der Waals surface area contributed by atoms with E-state index in [0.29, 0.717) is 11.5 Å². The van der Waals surface area contributed by atoms with Gasteiger partial charge in [-0.1, -0.05) is 0 Å². The predicted molar refractivity (Wildman–Crippen MR) is 112 cm³/mol. The fraction of sp³-hybridized carbons (Fsp3) is 0.136. The van der Waals surface area contributed by atoms with Crippen LogP contribution in [-0.4, -0.2) is 46.4 Å². The van der Waals surface area contributed by atoms with Crippen LogP contribution in [0.3, 0.4) is 0 Å². The Morgan fingerprint density at radius 1 is 1.03 bits per heavy atom. The molecule has 1 amide bonds. The number of aromatic amines is 1. The van der Waals surface area contributed by atoms with E-state index in [0.717, 1.165) is 27.8 Å². The molecule has 0 saturated carbocycles. The van der Waals surface area contributed by atoms with Crippen molar-refractivity contribution >= 4 is 22.8 Å². The molecule has 3 heterocycles. The van der Waals surface area contributed by atoms with Gasteiger partial charge in [0.05, 0.1) is 12.2 Å². The van der Waals surface area contributed by atoms with Crippen LogP contribution in [0.4, 0.5) is 10.2 Å². The summed E-state index contributed by atoms with van der Waals surface area (Å²) in [5.41, 5.74) is 4.33. The van der Waals surface area contributed by atoms with E-state index < -0.39 is 0 Å². The molecule has 0 fully saturated rings. The largest absolute Gasteiger partial charge is 0.361 e. The second-order valence-electron chi connectivity index (χ2n) is 6.85. The first-order chi connectivity index (χ1) is 14.0. The first-order valence-electron chi connectivity index (χ1n) is 9.16. The van der Waals surface area contributed by atoms with Gasteiger partial charge >= 0.3 is 0 Å². The normalized spacial score (nSPS) is 10.9. The van der Waals surface area contributed by atoms with Gasteiger partial charge in [0, 0.05) is 37.4 Å². The summed E-state index contributed by atoms with van der Waals surface area (Å²) < 4.78 is 13.4. The van der Waals surface area contributed by atoms with E-state index in [9.17, 15) is 9.18 Å². The average Bonchev–Trinajstić information content (AvgIpc) is 3.11. The van der Waals surface area contributed by atoms with Crippen LogP contribution in [0.2, 0.25) is 0 Å². The maximum absolute atomic E-state index is 13.4. The highest BCUT2D eigenvalue weighted by Crippen LogP contribution is 2.37. The highest BCUT2D eigenvalue weighted by molar-refractivity contribution is 6.02. The molecule has 0 aliphatic rings. The molecule has 4 rings (SSSR count). The molecule has 0 unspecified atom stereocenters. The van der Waals surface area contributed by atoms with E-state index in [1.54, 1.807) is 38.6 Å². The van der Waals surface area contributed by atoms with E-state index in [1.165, 1.54) is 17.0 Å². The lowest BCUT2D eigenvalue weighted by Crippen LogP contribution is -2.28. The summed E-state index contributed by atoms with van der Waals surface area (Å²) in [4.78, 5) is 25.4. The van der Waals surface area contributed by atoms with Crippen molar-refractivity contribution in [1.29, 1.82) is 0 Å². The molecule has 0 bridgehead atoms. The van der Waals surface area contributed by atoms with E-state index in [4.69, 9.17) is 0 Å². The van der Waals surface area contributed by atoms with Gasteiger partial charge in [-0.05, 0) is 59.7 Å². The number of halogens is 1. The molecule has 4 aromatic rings. The number of anilines is 1. The summed E-state index contributed by atoms with van der Waals surface area (Å²) in [6, 6.07) is 14.0. The number of fused-ring (bicyclic) bond motifs is 1. The van der Waals surface area contributed by atoms with Crippen LogP contribution < -0.4 is 5.32 Å². The third kappa shape index (κ3) is 3.80. The number of likely N-dealkylation sites (N-methyl/N-ethyl adjacent to an activating group) is 1. The first kappa shape index (κ1) is 18.6. The fourth-order valence-corrected chi connectivity index (χ4v) is 3.15. The lowest BCUT2D eigenvalue weighted by Gasteiger charge is -2.11. The summed E-state index contributed by atoms with van der Waals surface area (Å²) in [5.74, 6) is 0.272. The van der Waals surface area contributed by atoms with Crippen LogP contribution in [0.15, 0.2) is 60.9 Å². The Kier molecular flexibility index (Phi) is 4.95. The molecular weight excluding hydrogens is 369 g/mol. The minimum Gasteiger partial charge on any atom is -0.361 e. The van der Waals surface area contributed by atoms with Gasteiger partial charge in [-0.15, -0.1) is 0 Å². The molecular formula is C22H20FN5O. The Morgan fingerprint density at radius 3 is 2.45 bits per heavy atom. The lowest BCUT2D eigenvalue weighted by molar-refractivity contribution is -0.126. The molecule has 3 aromatic heterocycles. The quantitative estimate of drug-likeness (QED) is 0.542. The molecule has 0 saturated heterocycles. The number of carbonyl (C=O) groups excluding carboxylic acids is 1. The number of hydrogen-bond acceptors (Lipinski definition) is 4. The summed E-state index contributed by atoms with van der Waals surface area (Å²) in [6.07, 6.45) is 3.47. The third-order valence-corrected chi connectivity index (χ3v) is 4.68. The molecule has 0 aliphatic carbocycles. The SMILES string of the molecule is CN(C)C(=O)CNc1ccc2c(-c3ccncc3)c(-c3ccc(F)cc3)[nH]c2n1. The zero-order chi connectivity index (χ0) is 20.4. The van der Waals surface area contributed by atoms with Crippen molar-refractivity contribution in [2.45, 2.75) is 0 Å². The number of amides is 1. The predicted octanol–water partition coefficient (Wildman–Crippen LogP) is 3.93. The standard InChI is InChI=1S/C22H20FN5O/c1-28(2)19(29)13-25-18-8-7-17-20(14-9-11-24-12-10-14)21(27-22(17)26-18)15-3-5-16(23)6-4-15/h3-12H,13H2,1-2H3,(H2,25,26,27). The van der Waals surface area contributed by atoms with Crippen molar-refractivity contribution in [1.82, 2.24) is 19.9 Å². The van der Waals surface area contributed by atoms with E-state index in [2.05, 4.69) is 20.3 Å². The van der Waals surface area contributed by atoms with Crippen molar-refractivity contribution in [3.05, 3.63) is 66.7 Å². The van der Waals surface area contributed by atoms with Crippen LogP contribution in [-0.2, 0) is 4.79 Å². The van der Waals surface area contributed by atoms with Crippen molar-refractivity contribution in [3.63, 3.8) is 0 Å². The van der Waals surface area contributed by atoms with Gasteiger partial charge in [0.15, 0.2) is 0 Å². The molecule has 1 aromatic carbocycles. The zero-order valence-corrected chi connectivity index (χ0v) is 16.1. The fourth-order valence-electron chi connectivity index (χ4n) is 3.15. The van der Waals surface area contributed by atoms with Gasteiger partial charge in [-0.3, -0.25) is 9.78 Å². The number of aromatic nitrogens is 3. The molecule has 2 N–H and O–H groups in total. The second kappa shape index (κ2) is 7.71. The number of nitrogens with one attached hydrogen (secondary N) is 2. The van der Waals surface area contributed by atoms with Crippen LogP contribution in [0.5, 0.6) is 0 Å². The summed E-state index contributed by atoms with van der Waals surface area (Å²) in [7, 11) is 3.42. The van der Waals surface area contributed by atoms with Crippen LogP contribution in [0, 0.1) is 5.82 Å². The highest BCUT2D eigenvalue weighted by atomic mass is 19.1. The van der Waals surface area contributed by atoms with Crippen molar-refractivity contribution in [3.8, 4) is 22.4 Å². The minimum atomic E-state index is -0.287. The Hall–Kier alpha value is -3.74. The van der Waals surface area contributed by atoms with E-state index >= 15 is 0 Å². The minimum absolute atomic E-state index is 0.0390. The Bertz CT molecular complexity index is 1150. The van der Waals surface area contributed by atoms with Crippen LogP contribution >= 0.6 is 0 Å². The number of H-pyrrole nitrogens is 1. The molecule has 6 nitrogen and oxygen atoms in total. The maximum Gasteiger partial charge on any atom is 0.241 e. The van der Waals surface area contributed by atoms with E-state index in [-0.39, 0.29) is 18.3 Å². The van der Waals surface area contributed by atoms with Gasteiger partial charge < -0.3 is 15.2 Å². The first-order valence-corrected chi connectivity index (χ1v) is 9.16. The molecule has 0 atom stereocenters. The second-order valence-corrected chi connectivity index (χ2v) is 6.85. The maximum atomic E-state index is 13.4. The summed E-state index contributed by atoms with van der Waals surface area (Å²) >= 11 is 0. The number of nitrogens with zero attached hydrogens (tertiary/aromatic N) is 3. The third-order valence-electron chi connectivity index (χ3n) is 4.68. The van der Waals surface area contributed by atoms with Gasteiger partial charge in [0.25, 0.3) is 0 Å².